The summed E-state index contributed by atoms with van der Waals surface area (Å²) < 4.78 is 44.6. The zero-order chi connectivity index (χ0) is 15.3. The highest BCUT2D eigenvalue weighted by molar-refractivity contribution is 7.89. The molecule has 1 N–H and O–H groups in total. The molecule has 0 bridgehead atoms. The molecule has 5 nitrogen and oxygen atoms in total. The van der Waals surface area contributed by atoms with E-state index in [1.165, 1.54) is 20.0 Å². The molecule has 0 fully saturated rings. The van der Waals surface area contributed by atoms with Crippen molar-refractivity contribution < 1.29 is 22.7 Å². The summed E-state index contributed by atoms with van der Waals surface area (Å²) in [5.74, 6) is -0.639. The predicted octanol–water partition coefficient (Wildman–Crippen LogP) is 1.28. The first-order valence-corrected chi connectivity index (χ1v) is 7.63. The zero-order valence-corrected chi connectivity index (χ0v) is 12.7. The van der Waals surface area contributed by atoms with Crippen LogP contribution in [0.1, 0.15) is 17.5 Å². The van der Waals surface area contributed by atoms with Crippen molar-refractivity contribution in [2.24, 2.45) is 0 Å². The molecule has 7 heteroatoms. The number of hydrogen-bond donors (Lipinski definition) is 1. The average Bonchev–Trinajstić information content (AvgIpc) is 2.41. The van der Waals surface area contributed by atoms with E-state index in [4.69, 9.17) is 9.84 Å². The van der Waals surface area contributed by atoms with Gasteiger partial charge in [-0.1, -0.05) is 0 Å². The standard InChI is InChI=1S/C13H20FNO4S/c1-10-12(14)7-11(9-16)8-13(10)20(17,18)15(2)5-4-6-19-3/h7-8,16H,4-6,9H2,1-3H3. The zero-order valence-electron chi connectivity index (χ0n) is 11.9. The van der Waals surface area contributed by atoms with E-state index in [1.807, 2.05) is 0 Å². The van der Waals surface area contributed by atoms with Gasteiger partial charge >= 0.3 is 0 Å². The summed E-state index contributed by atoms with van der Waals surface area (Å²) in [5, 5.41) is 9.06. The van der Waals surface area contributed by atoms with Crippen LogP contribution >= 0.6 is 0 Å². The minimum atomic E-state index is -3.78. The Labute approximate surface area is 119 Å². The minimum Gasteiger partial charge on any atom is -0.392 e. The van der Waals surface area contributed by atoms with Gasteiger partial charge < -0.3 is 9.84 Å². The maximum absolute atomic E-state index is 13.7. The molecule has 0 heterocycles. The van der Waals surface area contributed by atoms with Crippen LogP contribution in [-0.2, 0) is 21.4 Å². The molecule has 0 spiro atoms. The molecule has 0 atom stereocenters. The van der Waals surface area contributed by atoms with Crippen molar-refractivity contribution in [1.82, 2.24) is 4.31 Å². The van der Waals surface area contributed by atoms with Gasteiger partial charge in [-0.3, -0.25) is 0 Å². The summed E-state index contributed by atoms with van der Waals surface area (Å²) in [6, 6.07) is 2.44. The van der Waals surface area contributed by atoms with E-state index in [2.05, 4.69) is 0 Å². The summed E-state index contributed by atoms with van der Waals surface area (Å²) in [5.41, 5.74) is 0.290. The number of hydrogen-bond acceptors (Lipinski definition) is 4. The SMILES string of the molecule is COCCCN(C)S(=O)(=O)c1cc(CO)cc(F)c1C. The van der Waals surface area contributed by atoms with Gasteiger partial charge in [-0.05, 0) is 31.0 Å². The van der Waals surface area contributed by atoms with Crippen molar-refractivity contribution in [2.45, 2.75) is 24.8 Å². The number of aliphatic hydroxyl groups is 1. The van der Waals surface area contributed by atoms with Crippen molar-refractivity contribution >= 4 is 10.0 Å². The maximum atomic E-state index is 13.7. The monoisotopic (exact) mass is 305 g/mol. The molecule has 0 saturated heterocycles. The lowest BCUT2D eigenvalue weighted by Crippen LogP contribution is -2.29. The van der Waals surface area contributed by atoms with Gasteiger partial charge in [0.1, 0.15) is 5.82 Å². The second-order valence-corrected chi connectivity index (χ2v) is 6.55. The van der Waals surface area contributed by atoms with E-state index in [-0.39, 0.29) is 22.6 Å². The number of ether oxygens (including phenoxy) is 1. The summed E-state index contributed by atoms with van der Waals surface area (Å²) in [6.07, 6.45) is 0.549. The topological polar surface area (TPSA) is 66.8 Å². The van der Waals surface area contributed by atoms with E-state index in [0.717, 1.165) is 10.4 Å². The number of methoxy groups -OCH3 is 1. The number of nitrogens with zero attached hydrogens (tertiary/aromatic N) is 1. The summed E-state index contributed by atoms with van der Waals surface area (Å²) in [4.78, 5) is -0.110. The van der Waals surface area contributed by atoms with E-state index in [9.17, 15) is 12.8 Å². The number of benzene rings is 1. The minimum absolute atomic E-state index is 0.0563. The molecule has 0 unspecified atom stereocenters. The largest absolute Gasteiger partial charge is 0.392 e. The van der Waals surface area contributed by atoms with Crippen LogP contribution in [0.25, 0.3) is 0 Å². The quantitative estimate of drug-likeness (QED) is 0.771. The molecular formula is C13H20FNO4S. The molecular weight excluding hydrogens is 285 g/mol. The third-order valence-corrected chi connectivity index (χ3v) is 5.03. The second kappa shape index (κ2) is 7.12. The first kappa shape index (κ1) is 17.0. The molecule has 0 aromatic heterocycles. The van der Waals surface area contributed by atoms with Crippen LogP contribution in [0.5, 0.6) is 0 Å². The van der Waals surface area contributed by atoms with Gasteiger partial charge in [-0.15, -0.1) is 0 Å². The highest BCUT2D eigenvalue weighted by atomic mass is 32.2. The van der Waals surface area contributed by atoms with Crippen LogP contribution in [-0.4, -0.2) is 45.1 Å². The Morgan fingerprint density at radius 2 is 2.05 bits per heavy atom. The lowest BCUT2D eigenvalue weighted by atomic mass is 10.1. The lowest BCUT2D eigenvalue weighted by Gasteiger charge is -2.19. The molecule has 20 heavy (non-hydrogen) atoms. The fourth-order valence-electron chi connectivity index (χ4n) is 1.79. The van der Waals surface area contributed by atoms with Crippen LogP contribution < -0.4 is 0 Å². The summed E-state index contributed by atoms with van der Waals surface area (Å²) in [6.45, 7) is 1.73. The molecule has 1 rings (SSSR count). The van der Waals surface area contributed by atoms with E-state index >= 15 is 0 Å². The van der Waals surface area contributed by atoms with Crippen LogP contribution in [0.3, 0.4) is 0 Å². The lowest BCUT2D eigenvalue weighted by molar-refractivity contribution is 0.189. The number of sulfonamides is 1. The van der Waals surface area contributed by atoms with E-state index < -0.39 is 22.4 Å². The molecule has 0 saturated carbocycles. The third kappa shape index (κ3) is 3.76. The highest BCUT2D eigenvalue weighted by Crippen LogP contribution is 2.23. The first-order valence-electron chi connectivity index (χ1n) is 6.19. The Hall–Kier alpha value is -1.02. The average molecular weight is 305 g/mol. The summed E-state index contributed by atoms with van der Waals surface area (Å²) in [7, 11) is -0.800. The number of rotatable bonds is 7. The first-order chi connectivity index (χ1) is 9.34. The molecule has 114 valence electrons. The van der Waals surface area contributed by atoms with Crippen LogP contribution in [0.2, 0.25) is 0 Å². The van der Waals surface area contributed by atoms with Crippen LogP contribution in [0.15, 0.2) is 17.0 Å². The molecule has 0 aliphatic carbocycles. The normalized spacial score (nSPS) is 12.1. The Balaban J connectivity index is 3.11. The number of aliphatic hydroxyl groups excluding tert-OH is 1. The Bertz CT molecular complexity index is 560. The van der Waals surface area contributed by atoms with Gasteiger partial charge in [0.05, 0.1) is 11.5 Å². The fourth-order valence-corrected chi connectivity index (χ4v) is 3.28. The van der Waals surface area contributed by atoms with Gasteiger partial charge in [0, 0.05) is 32.9 Å². The van der Waals surface area contributed by atoms with Crippen molar-refractivity contribution in [3.63, 3.8) is 0 Å². The number of halogens is 1. The van der Waals surface area contributed by atoms with E-state index in [0.29, 0.717) is 13.0 Å². The van der Waals surface area contributed by atoms with Crippen molar-refractivity contribution in [3.05, 3.63) is 29.1 Å². The molecule has 1 aromatic rings. The Morgan fingerprint density at radius 1 is 1.40 bits per heavy atom. The highest BCUT2D eigenvalue weighted by Gasteiger charge is 2.24. The van der Waals surface area contributed by atoms with E-state index in [1.54, 1.807) is 7.11 Å². The second-order valence-electron chi connectivity index (χ2n) is 4.53. The predicted molar refractivity (Wildman–Crippen MR) is 73.4 cm³/mol. The fraction of sp³-hybridized carbons (Fsp3) is 0.538. The molecule has 0 aliphatic heterocycles. The third-order valence-electron chi connectivity index (χ3n) is 3.05. The smallest absolute Gasteiger partial charge is 0.243 e. The Kier molecular flexibility index (Phi) is 6.07. The van der Waals surface area contributed by atoms with Gasteiger partial charge in [0.2, 0.25) is 10.0 Å². The molecule has 1 aromatic carbocycles. The van der Waals surface area contributed by atoms with Gasteiger partial charge in [-0.25, -0.2) is 17.1 Å². The van der Waals surface area contributed by atoms with Crippen molar-refractivity contribution in [1.29, 1.82) is 0 Å². The molecule has 0 amide bonds. The van der Waals surface area contributed by atoms with Crippen LogP contribution in [0.4, 0.5) is 4.39 Å². The van der Waals surface area contributed by atoms with Gasteiger partial charge in [-0.2, -0.15) is 0 Å². The van der Waals surface area contributed by atoms with Crippen molar-refractivity contribution in [3.8, 4) is 0 Å². The van der Waals surface area contributed by atoms with Crippen LogP contribution in [0, 0.1) is 12.7 Å². The Morgan fingerprint density at radius 3 is 2.60 bits per heavy atom. The summed E-state index contributed by atoms with van der Waals surface area (Å²) >= 11 is 0. The van der Waals surface area contributed by atoms with Crippen molar-refractivity contribution in [2.75, 3.05) is 27.3 Å². The molecule has 0 aliphatic rings. The molecule has 0 radical (unpaired) electrons. The van der Waals surface area contributed by atoms with Gasteiger partial charge in [0.25, 0.3) is 0 Å². The van der Waals surface area contributed by atoms with Gasteiger partial charge in [0.15, 0.2) is 0 Å². The maximum Gasteiger partial charge on any atom is 0.243 e.